The van der Waals surface area contributed by atoms with Crippen LogP contribution in [0.2, 0.25) is 5.02 Å². The lowest BCUT2D eigenvalue weighted by atomic mass is 10.2. The van der Waals surface area contributed by atoms with Crippen LogP contribution in [0.15, 0.2) is 23.1 Å². The van der Waals surface area contributed by atoms with Crippen LogP contribution < -0.4 is 0 Å². The lowest BCUT2D eigenvalue weighted by Gasteiger charge is -2.32. The van der Waals surface area contributed by atoms with Gasteiger partial charge in [0.25, 0.3) is 0 Å². The van der Waals surface area contributed by atoms with Crippen LogP contribution in [0.4, 0.5) is 0 Å². The van der Waals surface area contributed by atoms with Crippen LogP contribution >= 0.6 is 11.6 Å². The number of ether oxygens (including phenoxy) is 2. The maximum atomic E-state index is 12.8. The molecule has 116 valence electrons. The van der Waals surface area contributed by atoms with Gasteiger partial charge in [-0.15, -0.1) is 0 Å². The molecule has 1 saturated heterocycles. The van der Waals surface area contributed by atoms with Gasteiger partial charge in [-0.1, -0.05) is 11.6 Å². The van der Waals surface area contributed by atoms with E-state index in [1.165, 1.54) is 19.2 Å². The molecule has 0 bridgehead atoms. The zero-order valence-corrected chi connectivity index (χ0v) is 13.3. The van der Waals surface area contributed by atoms with Gasteiger partial charge >= 0.3 is 5.97 Å². The molecule has 8 heteroatoms. The summed E-state index contributed by atoms with van der Waals surface area (Å²) in [6.07, 6.45) is 0. The van der Waals surface area contributed by atoms with E-state index in [2.05, 4.69) is 4.74 Å². The number of hydrogen-bond donors (Lipinski definition) is 0. The van der Waals surface area contributed by atoms with Crippen molar-refractivity contribution in [2.75, 3.05) is 26.9 Å². The highest BCUT2D eigenvalue weighted by Crippen LogP contribution is 2.26. The number of methoxy groups -OCH3 is 1. The summed E-state index contributed by atoms with van der Waals surface area (Å²) in [5.74, 6) is -0.634. The van der Waals surface area contributed by atoms with Crippen LogP contribution in [-0.2, 0) is 24.3 Å². The number of halogens is 1. The molecule has 1 atom stereocenters. The highest BCUT2D eigenvalue weighted by atomic mass is 35.5. The summed E-state index contributed by atoms with van der Waals surface area (Å²) < 4.78 is 36.5. The number of morpholine rings is 1. The topological polar surface area (TPSA) is 72.9 Å². The minimum absolute atomic E-state index is 0.0153. The number of rotatable bonds is 3. The van der Waals surface area contributed by atoms with Crippen LogP contribution in [-0.4, -0.2) is 51.6 Å². The smallest absolute Gasteiger partial charge is 0.326 e. The van der Waals surface area contributed by atoms with Gasteiger partial charge in [-0.05, 0) is 30.7 Å². The normalized spacial score (nSPS) is 20.2. The van der Waals surface area contributed by atoms with E-state index in [9.17, 15) is 13.2 Å². The second kappa shape index (κ2) is 6.31. The Morgan fingerprint density at radius 2 is 2.19 bits per heavy atom. The number of carbonyl (C=O) groups is 1. The van der Waals surface area contributed by atoms with E-state index >= 15 is 0 Å². The molecule has 21 heavy (non-hydrogen) atoms. The van der Waals surface area contributed by atoms with Crippen molar-refractivity contribution < 1.29 is 22.7 Å². The van der Waals surface area contributed by atoms with Crippen molar-refractivity contribution in [1.29, 1.82) is 0 Å². The summed E-state index contributed by atoms with van der Waals surface area (Å²) in [6.45, 7) is 1.98. The first-order valence-corrected chi connectivity index (χ1v) is 8.13. The summed E-state index contributed by atoms with van der Waals surface area (Å²) >= 11 is 5.85. The molecule has 0 spiro atoms. The lowest BCUT2D eigenvalue weighted by molar-refractivity contribution is -0.149. The zero-order valence-electron chi connectivity index (χ0n) is 11.7. The second-order valence-electron chi connectivity index (χ2n) is 4.64. The number of hydrogen-bond acceptors (Lipinski definition) is 5. The minimum Gasteiger partial charge on any atom is -0.468 e. The van der Waals surface area contributed by atoms with Gasteiger partial charge < -0.3 is 9.47 Å². The number of carbonyl (C=O) groups excluding carboxylic acids is 1. The Kier molecular flexibility index (Phi) is 4.88. The molecule has 0 radical (unpaired) electrons. The van der Waals surface area contributed by atoms with Crippen LogP contribution in [0.5, 0.6) is 0 Å². The molecule has 1 aliphatic heterocycles. The average Bonchev–Trinajstić information content (AvgIpc) is 2.46. The van der Waals surface area contributed by atoms with Crippen molar-refractivity contribution in [2.24, 2.45) is 0 Å². The number of sulfonamides is 1. The summed E-state index contributed by atoms with van der Waals surface area (Å²) in [7, 11) is -2.60. The predicted molar refractivity (Wildman–Crippen MR) is 76.7 cm³/mol. The molecule has 0 aromatic heterocycles. The van der Waals surface area contributed by atoms with Crippen molar-refractivity contribution in [3.05, 3.63) is 28.8 Å². The van der Waals surface area contributed by atoms with Crippen molar-refractivity contribution in [3.8, 4) is 0 Å². The fraction of sp³-hybridized carbons (Fsp3) is 0.462. The summed E-state index contributed by atoms with van der Waals surface area (Å²) in [5, 5.41) is 0.456. The third-order valence-corrected chi connectivity index (χ3v) is 5.58. The standard InChI is InChI=1S/C13H16ClNO5S/c1-9-7-10(14)3-4-12(9)21(17,18)15-5-6-20-8-11(15)13(16)19-2/h3-4,7,11H,5-6,8H2,1-2H3. The Balaban J connectivity index is 2.43. The highest BCUT2D eigenvalue weighted by molar-refractivity contribution is 7.89. The van der Waals surface area contributed by atoms with E-state index in [0.29, 0.717) is 10.6 Å². The van der Waals surface area contributed by atoms with Gasteiger partial charge in [0.2, 0.25) is 10.0 Å². The molecule has 2 rings (SSSR count). The maximum Gasteiger partial charge on any atom is 0.326 e. The molecular formula is C13H16ClNO5S. The molecule has 6 nitrogen and oxygen atoms in total. The van der Waals surface area contributed by atoms with Crippen molar-refractivity contribution in [3.63, 3.8) is 0 Å². The van der Waals surface area contributed by atoms with Gasteiger partial charge in [0.05, 0.1) is 25.2 Å². The molecule has 0 amide bonds. The van der Waals surface area contributed by atoms with Gasteiger partial charge in [-0.2, -0.15) is 4.31 Å². The van der Waals surface area contributed by atoms with Gasteiger partial charge in [-0.3, -0.25) is 4.79 Å². The molecule has 1 heterocycles. The molecule has 1 fully saturated rings. The Hall–Kier alpha value is -1.15. The van der Waals surface area contributed by atoms with Gasteiger partial charge in [0.15, 0.2) is 0 Å². The predicted octanol–water partition coefficient (Wildman–Crippen LogP) is 1.21. The lowest BCUT2D eigenvalue weighted by Crippen LogP contribution is -2.52. The van der Waals surface area contributed by atoms with E-state index in [4.69, 9.17) is 16.3 Å². The quantitative estimate of drug-likeness (QED) is 0.777. The van der Waals surface area contributed by atoms with E-state index < -0.39 is 22.0 Å². The fourth-order valence-corrected chi connectivity index (χ4v) is 4.21. The highest BCUT2D eigenvalue weighted by Gasteiger charge is 2.39. The SMILES string of the molecule is COC(=O)C1COCCN1S(=O)(=O)c1ccc(Cl)cc1C. The first-order chi connectivity index (χ1) is 9.87. The second-order valence-corrected chi connectivity index (χ2v) is 6.93. The molecule has 0 N–H and O–H groups in total. The van der Waals surface area contributed by atoms with Crippen LogP contribution in [0.1, 0.15) is 5.56 Å². The van der Waals surface area contributed by atoms with E-state index in [-0.39, 0.29) is 24.7 Å². The maximum absolute atomic E-state index is 12.8. The third kappa shape index (κ3) is 3.21. The van der Waals surface area contributed by atoms with Gasteiger partial charge in [0, 0.05) is 11.6 Å². The number of nitrogens with zero attached hydrogens (tertiary/aromatic N) is 1. The Labute approximate surface area is 128 Å². The molecule has 1 aliphatic rings. The Bertz CT molecular complexity index is 646. The number of aryl methyl sites for hydroxylation is 1. The Morgan fingerprint density at radius 1 is 1.48 bits per heavy atom. The fourth-order valence-electron chi connectivity index (χ4n) is 2.23. The van der Waals surface area contributed by atoms with E-state index in [0.717, 1.165) is 4.31 Å². The molecule has 1 unspecified atom stereocenters. The third-order valence-electron chi connectivity index (χ3n) is 3.28. The van der Waals surface area contributed by atoms with Crippen molar-refractivity contribution >= 4 is 27.6 Å². The van der Waals surface area contributed by atoms with Crippen molar-refractivity contribution in [1.82, 2.24) is 4.31 Å². The first kappa shape index (κ1) is 16.2. The minimum atomic E-state index is -3.82. The van der Waals surface area contributed by atoms with Crippen molar-refractivity contribution in [2.45, 2.75) is 17.9 Å². The molecular weight excluding hydrogens is 318 g/mol. The van der Waals surface area contributed by atoms with Crippen LogP contribution in [0.3, 0.4) is 0 Å². The monoisotopic (exact) mass is 333 g/mol. The van der Waals surface area contributed by atoms with Gasteiger partial charge in [-0.25, -0.2) is 8.42 Å². The molecule has 1 aromatic rings. The number of esters is 1. The average molecular weight is 334 g/mol. The van der Waals surface area contributed by atoms with E-state index in [1.807, 2.05) is 0 Å². The van der Waals surface area contributed by atoms with Gasteiger partial charge in [0.1, 0.15) is 6.04 Å². The van der Waals surface area contributed by atoms with Crippen LogP contribution in [0.25, 0.3) is 0 Å². The molecule has 1 aromatic carbocycles. The summed E-state index contributed by atoms with van der Waals surface area (Å²) in [6, 6.07) is 3.55. The van der Waals surface area contributed by atoms with Crippen LogP contribution in [0, 0.1) is 6.92 Å². The summed E-state index contributed by atoms with van der Waals surface area (Å²) in [5.41, 5.74) is 0.526. The number of benzene rings is 1. The largest absolute Gasteiger partial charge is 0.468 e. The first-order valence-electron chi connectivity index (χ1n) is 6.31. The molecule has 0 saturated carbocycles. The summed E-state index contributed by atoms with van der Waals surface area (Å²) in [4.78, 5) is 11.9. The Morgan fingerprint density at radius 3 is 2.81 bits per heavy atom. The molecule has 0 aliphatic carbocycles. The zero-order chi connectivity index (χ0) is 15.6. The van der Waals surface area contributed by atoms with E-state index in [1.54, 1.807) is 13.0 Å².